The van der Waals surface area contributed by atoms with Crippen LogP contribution in [0.1, 0.15) is 61.3 Å². The van der Waals surface area contributed by atoms with Crippen LogP contribution in [0.2, 0.25) is 0 Å². The lowest BCUT2D eigenvalue weighted by Gasteiger charge is -2.18. The molecule has 0 bridgehead atoms. The highest BCUT2D eigenvalue weighted by atomic mass is 16.4. The van der Waals surface area contributed by atoms with Crippen molar-refractivity contribution in [3.05, 3.63) is 83.7 Å². The van der Waals surface area contributed by atoms with Gasteiger partial charge in [0.15, 0.2) is 0 Å². The van der Waals surface area contributed by atoms with Crippen molar-refractivity contribution in [3.8, 4) is 11.1 Å². The van der Waals surface area contributed by atoms with Crippen molar-refractivity contribution in [2.45, 2.75) is 52.5 Å². The molecule has 4 aromatic rings. The summed E-state index contributed by atoms with van der Waals surface area (Å²) in [6, 6.07) is 20.9. The average Bonchev–Trinajstić information content (AvgIpc) is 3.28. The lowest BCUT2D eigenvalue weighted by Crippen LogP contribution is -2.37. The summed E-state index contributed by atoms with van der Waals surface area (Å²) >= 11 is 0. The molecule has 0 aliphatic heterocycles. The minimum Gasteiger partial charge on any atom is -0.478 e. The maximum atomic E-state index is 12.6. The quantitative estimate of drug-likeness (QED) is 0.218. The van der Waals surface area contributed by atoms with Gasteiger partial charge in [0.1, 0.15) is 5.82 Å². The molecule has 0 aliphatic carbocycles. The van der Waals surface area contributed by atoms with Gasteiger partial charge in [0.2, 0.25) is 0 Å². The van der Waals surface area contributed by atoms with Gasteiger partial charge in [-0.1, -0.05) is 69.2 Å². The van der Waals surface area contributed by atoms with Crippen molar-refractivity contribution in [2.75, 3.05) is 18.5 Å². The van der Waals surface area contributed by atoms with Gasteiger partial charge in [0, 0.05) is 32.2 Å². The minimum atomic E-state index is -0.935. The van der Waals surface area contributed by atoms with Crippen LogP contribution in [0.5, 0.6) is 0 Å². The minimum absolute atomic E-state index is 0.118. The van der Waals surface area contributed by atoms with Crippen LogP contribution in [0.15, 0.2) is 66.7 Å². The second-order valence-electron chi connectivity index (χ2n) is 9.58. The molecular weight excluding hydrogens is 476 g/mol. The SMILES string of the molecule is CCCCNC(=O)N(C)c1ccc2nc(CCCC)n(Cc3ccc(-c4ccccc4C(=O)O)cc3)c2c1. The van der Waals surface area contributed by atoms with Gasteiger partial charge in [-0.25, -0.2) is 14.6 Å². The van der Waals surface area contributed by atoms with E-state index in [1.165, 1.54) is 0 Å². The average molecular weight is 513 g/mol. The molecule has 2 amide bonds. The second-order valence-corrected chi connectivity index (χ2v) is 9.58. The Kier molecular flexibility index (Phi) is 8.79. The Bertz CT molecular complexity index is 1410. The van der Waals surface area contributed by atoms with Crippen molar-refractivity contribution in [3.63, 3.8) is 0 Å². The Balaban J connectivity index is 1.64. The van der Waals surface area contributed by atoms with Crippen LogP contribution in [0.25, 0.3) is 22.2 Å². The number of carbonyl (C=O) groups excluding carboxylic acids is 1. The van der Waals surface area contributed by atoms with Crippen LogP contribution >= 0.6 is 0 Å². The van der Waals surface area contributed by atoms with E-state index in [4.69, 9.17) is 4.98 Å². The molecule has 198 valence electrons. The number of benzene rings is 3. The smallest absolute Gasteiger partial charge is 0.336 e. The highest BCUT2D eigenvalue weighted by Gasteiger charge is 2.16. The van der Waals surface area contributed by atoms with Crippen molar-refractivity contribution < 1.29 is 14.7 Å². The highest BCUT2D eigenvalue weighted by molar-refractivity contribution is 5.96. The van der Waals surface area contributed by atoms with Crippen LogP contribution in [0, 0.1) is 0 Å². The molecule has 0 aliphatic rings. The summed E-state index contributed by atoms with van der Waals surface area (Å²) in [5, 5.41) is 12.5. The lowest BCUT2D eigenvalue weighted by atomic mass is 9.99. The number of fused-ring (bicyclic) bond motifs is 1. The number of aryl methyl sites for hydroxylation is 1. The fraction of sp³-hybridized carbons (Fsp3) is 0.323. The van der Waals surface area contributed by atoms with Crippen LogP contribution in [-0.4, -0.2) is 40.3 Å². The summed E-state index contributed by atoms with van der Waals surface area (Å²) in [4.78, 5) is 30.9. The number of hydrogen-bond acceptors (Lipinski definition) is 3. The number of unbranched alkanes of at least 4 members (excludes halogenated alkanes) is 2. The van der Waals surface area contributed by atoms with Gasteiger partial charge >= 0.3 is 12.0 Å². The Labute approximate surface area is 224 Å². The predicted octanol–water partition coefficient (Wildman–Crippen LogP) is 6.74. The molecule has 0 saturated carbocycles. The van der Waals surface area contributed by atoms with Crippen LogP contribution in [0.4, 0.5) is 10.5 Å². The number of carbonyl (C=O) groups is 2. The molecule has 1 aromatic heterocycles. The van der Waals surface area contributed by atoms with Crippen LogP contribution in [-0.2, 0) is 13.0 Å². The third-order valence-electron chi connectivity index (χ3n) is 6.83. The monoisotopic (exact) mass is 512 g/mol. The zero-order valence-electron chi connectivity index (χ0n) is 22.4. The zero-order chi connectivity index (χ0) is 27.1. The lowest BCUT2D eigenvalue weighted by molar-refractivity contribution is 0.0697. The summed E-state index contributed by atoms with van der Waals surface area (Å²) in [6.07, 6.45) is 4.97. The highest BCUT2D eigenvalue weighted by Crippen LogP contribution is 2.27. The Hall–Kier alpha value is -4.13. The van der Waals surface area contributed by atoms with Crippen molar-refractivity contribution in [2.24, 2.45) is 0 Å². The van der Waals surface area contributed by atoms with E-state index in [-0.39, 0.29) is 11.6 Å². The van der Waals surface area contributed by atoms with Gasteiger partial charge in [0.25, 0.3) is 0 Å². The van der Waals surface area contributed by atoms with Gasteiger partial charge in [-0.15, -0.1) is 0 Å². The van der Waals surface area contributed by atoms with E-state index < -0.39 is 5.97 Å². The van der Waals surface area contributed by atoms with E-state index in [1.807, 2.05) is 54.6 Å². The van der Waals surface area contributed by atoms with E-state index in [9.17, 15) is 14.7 Å². The third kappa shape index (κ3) is 6.05. The van der Waals surface area contributed by atoms with E-state index in [0.717, 1.165) is 65.8 Å². The van der Waals surface area contributed by atoms with Gasteiger partial charge in [-0.05, 0) is 53.8 Å². The second kappa shape index (κ2) is 12.4. The summed E-state index contributed by atoms with van der Waals surface area (Å²) in [5.74, 6) is 0.0873. The Morgan fingerprint density at radius 1 is 0.974 bits per heavy atom. The van der Waals surface area contributed by atoms with Gasteiger partial charge < -0.3 is 15.0 Å². The fourth-order valence-electron chi connectivity index (χ4n) is 4.57. The van der Waals surface area contributed by atoms with Crippen LogP contribution in [0.3, 0.4) is 0 Å². The van der Waals surface area contributed by atoms with Gasteiger partial charge in [-0.3, -0.25) is 4.90 Å². The van der Waals surface area contributed by atoms with Crippen molar-refractivity contribution in [1.82, 2.24) is 14.9 Å². The first kappa shape index (κ1) is 26.9. The normalized spacial score (nSPS) is 11.0. The zero-order valence-corrected chi connectivity index (χ0v) is 22.4. The number of rotatable bonds is 11. The summed E-state index contributed by atoms with van der Waals surface area (Å²) < 4.78 is 2.23. The molecule has 0 fully saturated rings. The number of amides is 2. The Morgan fingerprint density at radius 3 is 2.42 bits per heavy atom. The summed E-state index contributed by atoms with van der Waals surface area (Å²) in [6.45, 7) is 5.56. The number of hydrogen-bond donors (Lipinski definition) is 2. The van der Waals surface area contributed by atoms with Gasteiger partial charge in [0.05, 0.1) is 16.6 Å². The molecule has 1 heterocycles. The number of urea groups is 1. The molecule has 0 atom stereocenters. The number of anilines is 1. The number of carboxylic acid groups (broad SMARTS) is 1. The predicted molar refractivity (Wildman–Crippen MR) is 153 cm³/mol. The molecule has 4 rings (SSSR count). The first-order chi connectivity index (χ1) is 18.4. The molecule has 0 spiro atoms. The number of nitrogens with one attached hydrogen (secondary N) is 1. The molecule has 38 heavy (non-hydrogen) atoms. The van der Waals surface area contributed by atoms with Gasteiger partial charge in [-0.2, -0.15) is 0 Å². The van der Waals surface area contributed by atoms with E-state index >= 15 is 0 Å². The van der Waals surface area contributed by atoms with E-state index in [2.05, 4.69) is 23.7 Å². The summed E-state index contributed by atoms with van der Waals surface area (Å²) in [5.41, 5.74) is 5.66. The Morgan fingerprint density at radius 2 is 1.71 bits per heavy atom. The van der Waals surface area contributed by atoms with E-state index in [1.54, 1.807) is 24.1 Å². The number of imidazole rings is 1. The fourth-order valence-corrected chi connectivity index (χ4v) is 4.57. The molecule has 7 nitrogen and oxygen atoms in total. The maximum absolute atomic E-state index is 12.6. The standard InChI is InChI=1S/C31H36N4O3/c1-4-6-12-29-33-27-18-17-24(34(3)31(38)32-19-7-5-2)20-28(27)35(29)21-22-13-15-23(16-14-22)25-10-8-9-11-26(25)30(36)37/h8-11,13-18,20H,4-7,12,19,21H2,1-3H3,(H,32,38)(H,36,37). The van der Waals surface area contributed by atoms with E-state index in [0.29, 0.717) is 18.7 Å². The molecule has 0 radical (unpaired) electrons. The molecule has 0 unspecified atom stereocenters. The molecule has 3 aromatic carbocycles. The number of nitrogens with zero attached hydrogens (tertiary/aromatic N) is 3. The maximum Gasteiger partial charge on any atom is 0.336 e. The molecular formula is C31H36N4O3. The van der Waals surface area contributed by atoms with Crippen molar-refractivity contribution >= 4 is 28.7 Å². The number of aromatic carboxylic acids is 1. The largest absolute Gasteiger partial charge is 0.478 e. The molecule has 0 saturated heterocycles. The third-order valence-corrected chi connectivity index (χ3v) is 6.83. The first-order valence-corrected chi connectivity index (χ1v) is 13.3. The number of carboxylic acids is 1. The topological polar surface area (TPSA) is 87.5 Å². The molecule has 2 N–H and O–H groups in total. The summed E-state index contributed by atoms with van der Waals surface area (Å²) in [7, 11) is 1.79. The van der Waals surface area contributed by atoms with Crippen molar-refractivity contribution in [1.29, 1.82) is 0 Å². The molecule has 7 heteroatoms. The number of aromatic nitrogens is 2. The van der Waals surface area contributed by atoms with Crippen LogP contribution < -0.4 is 10.2 Å². The first-order valence-electron chi connectivity index (χ1n) is 13.3.